The predicted octanol–water partition coefficient (Wildman–Crippen LogP) is 1.39. The van der Waals surface area contributed by atoms with Gasteiger partial charge in [-0.05, 0) is 32.9 Å². The molecule has 7 heteroatoms. The van der Waals surface area contributed by atoms with Gasteiger partial charge in [0.1, 0.15) is 5.75 Å². The summed E-state index contributed by atoms with van der Waals surface area (Å²) in [6.45, 7) is 8.06. The quantitative estimate of drug-likeness (QED) is 0.712. The molecule has 0 N–H and O–H groups in total. The monoisotopic (exact) mass is 312 g/mol. The zero-order chi connectivity index (χ0) is 14.4. The second kappa shape index (κ2) is 7.34. The molecule has 5 nitrogen and oxygen atoms in total. The Morgan fingerprint density at radius 3 is 2.35 bits per heavy atom. The Bertz CT molecular complexity index is 424. The predicted molar refractivity (Wildman–Crippen MR) is 77.9 cm³/mol. The molecule has 20 heavy (non-hydrogen) atoms. The van der Waals surface area contributed by atoms with E-state index < -0.39 is 8.80 Å². The van der Waals surface area contributed by atoms with Gasteiger partial charge in [0.2, 0.25) is 0 Å². The van der Waals surface area contributed by atoms with Crippen LogP contribution in [0, 0.1) is 0 Å². The first kappa shape index (κ1) is 15.7. The van der Waals surface area contributed by atoms with Crippen molar-refractivity contribution in [2.75, 3.05) is 19.8 Å². The molecule has 0 fully saturated rings. The van der Waals surface area contributed by atoms with Crippen LogP contribution in [0.2, 0.25) is 0 Å². The molecule has 0 aromatic heterocycles. The van der Waals surface area contributed by atoms with Gasteiger partial charge >= 0.3 is 18.8 Å². The Morgan fingerprint density at radius 2 is 1.75 bits per heavy atom. The molecule has 1 aliphatic heterocycles. The molecule has 0 atom stereocenters. The summed E-state index contributed by atoms with van der Waals surface area (Å²) in [5, 5.41) is 0.958. The van der Waals surface area contributed by atoms with Crippen LogP contribution >= 0.6 is 0 Å². The van der Waals surface area contributed by atoms with Gasteiger partial charge in [-0.1, -0.05) is 6.07 Å². The molecule has 0 spiro atoms. The number of benzene rings is 1. The van der Waals surface area contributed by atoms with Crippen LogP contribution in [0.1, 0.15) is 26.3 Å². The van der Waals surface area contributed by atoms with E-state index in [2.05, 4.69) is 0 Å². The standard InChI is InChI=1S/C13H20O5Si2/c1-4-15-20(16-5-2,17-6-3)12-7-8-13-11(9-12)10-14-19-18-13/h7-9H,4-6,10H2,1-3H3. The normalized spacial score (nSPS) is 14.8. The molecule has 2 radical (unpaired) electrons. The van der Waals surface area contributed by atoms with E-state index in [-0.39, 0.29) is 10.0 Å². The van der Waals surface area contributed by atoms with Crippen LogP contribution in [-0.2, 0) is 24.3 Å². The van der Waals surface area contributed by atoms with Gasteiger partial charge in [-0.25, -0.2) is 0 Å². The SMILES string of the molecule is CCO[Si](OCC)(OCC)c1ccc2c(c1)CO[Si]O2. The third-order valence-corrected chi connectivity index (χ3v) is 6.45. The Kier molecular flexibility index (Phi) is 5.76. The molecule has 2 rings (SSSR count). The van der Waals surface area contributed by atoms with Crippen molar-refractivity contribution >= 4 is 24.0 Å². The maximum absolute atomic E-state index is 5.90. The van der Waals surface area contributed by atoms with Crippen molar-refractivity contribution < 1.29 is 22.1 Å². The fourth-order valence-corrected chi connectivity index (χ4v) is 5.20. The second-order valence-corrected chi connectivity index (χ2v) is 7.37. The van der Waals surface area contributed by atoms with E-state index in [1.54, 1.807) is 0 Å². The van der Waals surface area contributed by atoms with Crippen molar-refractivity contribution in [3.8, 4) is 5.75 Å². The minimum Gasteiger partial charge on any atom is -0.517 e. The smallest absolute Gasteiger partial charge is 0.517 e. The van der Waals surface area contributed by atoms with Gasteiger partial charge < -0.3 is 22.1 Å². The van der Waals surface area contributed by atoms with E-state index in [4.69, 9.17) is 22.1 Å². The van der Waals surface area contributed by atoms with Crippen LogP contribution < -0.4 is 9.61 Å². The number of rotatable bonds is 7. The first-order chi connectivity index (χ1) is 9.75. The van der Waals surface area contributed by atoms with E-state index >= 15 is 0 Å². The summed E-state index contributed by atoms with van der Waals surface area (Å²) < 4.78 is 28.5. The maximum Gasteiger partial charge on any atom is 0.537 e. The van der Waals surface area contributed by atoms with Crippen molar-refractivity contribution in [1.29, 1.82) is 0 Å². The van der Waals surface area contributed by atoms with Crippen LogP contribution in [0.3, 0.4) is 0 Å². The lowest BCUT2D eigenvalue weighted by Crippen LogP contribution is -2.57. The summed E-state index contributed by atoms with van der Waals surface area (Å²) in [5.41, 5.74) is 1.01. The third-order valence-electron chi connectivity index (χ3n) is 2.86. The number of fused-ring (bicyclic) bond motifs is 1. The van der Waals surface area contributed by atoms with Gasteiger partial charge in [-0.15, -0.1) is 0 Å². The van der Waals surface area contributed by atoms with Crippen molar-refractivity contribution in [3.63, 3.8) is 0 Å². The van der Waals surface area contributed by atoms with E-state index in [0.717, 1.165) is 16.5 Å². The highest BCUT2D eigenvalue weighted by atomic mass is 28.4. The Labute approximate surface area is 123 Å². The van der Waals surface area contributed by atoms with Gasteiger partial charge in [-0.2, -0.15) is 0 Å². The van der Waals surface area contributed by atoms with Gasteiger partial charge in [0.15, 0.2) is 0 Å². The van der Waals surface area contributed by atoms with Gasteiger partial charge in [0.05, 0.1) is 6.61 Å². The average Bonchev–Trinajstić information content (AvgIpc) is 2.47. The summed E-state index contributed by atoms with van der Waals surface area (Å²) in [5.74, 6) is 0.866. The van der Waals surface area contributed by atoms with E-state index in [1.165, 1.54) is 0 Å². The van der Waals surface area contributed by atoms with Crippen LogP contribution in [0.25, 0.3) is 0 Å². The lowest BCUT2D eigenvalue weighted by Gasteiger charge is -2.29. The molecular formula is C13H20O5Si2. The molecule has 1 aromatic rings. The summed E-state index contributed by atoms with van der Waals surface area (Å²) >= 11 is 0. The molecule has 0 saturated heterocycles. The summed E-state index contributed by atoms with van der Waals surface area (Å²) in [6.07, 6.45) is 0. The molecule has 0 saturated carbocycles. The fourth-order valence-electron chi connectivity index (χ4n) is 2.11. The highest BCUT2D eigenvalue weighted by molar-refractivity contribution is 6.75. The molecule has 1 heterocycles. The van der Waals surface area contributed by atoms with Crippen LogP contribution in [0.4, 0.5) is 0 Å². The molecule has 0 aliphatic carbocycles. The van der Waals surface area contributed by atoms with Crippen molar-refractivity contribution in [3.05, 3.63) is 23.8 Å². The zero-order valence-corrected chi connectivity index (χ0v) is 14.1. The molecule has 1 aliphatic rings. The lowest BCUT2D eigenvalue weighted by atomic mass is 10.2. The highest BCUT2D eigenvalue weighted by Gasteiger charge is 2.43. The molecule has 0 unspecified atom stereocenters. The van der Waals surface area contributed by atoms with E-state index in [0.29, 0.717) is 26.4 Å². The summed E-state index contributed by atoms with van der Waals surface area (Å²) in [6, 6.07) is 5.94. The van der Waals surface area contributed by atoms with Crippen LogP contribution in [-0.4, -0.2) is 38.6 Å². The van der Waals surface area contributed by atoms with E-state index in [1.807, 2.05) is 39.0 Å². The maximum atomic E-state index is 5.90. The molecule has 110 valence electrons. The van der Waals surface area contributed by atoms with E-state index in [9.17, 15) is 0 Å². The highest BCUT2D eigenvalue weighted by Crippen LogP contribution is 2.23. The molecule has 0 amide bonds. The first-order valence-electron chi connectivity index (χ1n) is 6.84. The van der Waals surface area contributed by atoms with Crippen molar-refractivity contribution in [2.45, 2.75) is 27.4 Å². The minimum atomic E-state index is -2.84. The van der Waals surface area contributed by atoms with Gasteiger partial charge in [-0.3, -0.25) is 0 Å². The largest absolute Gasteiger partial charge is 0.537 e. The van der Waals surface area contributed by atoms with Crippen LogP contribution in [0.15, 0.2) is 18.2 Å². The van der Waals surface area contributed by atoms with Crippen molar-refractivity contribution in [2.24, 2.45) is 0 Å². The zero-order valence-electron chi connectivity index (χ0n) is 12.1. The fraction of sp³-hybridized carbons (Fsp3) is 0.538. The Morgan fingerprint density at radius 1 is 1.10 bits per heavy atom. The number of hydrogen-bond donors (Lipinski definition) is 0. The minimum absolute atomic E-state index is 0.0707. The van der Waals surface area contributed by atoms with Crippen molar-refractivity contribution in [1.82, 2.24) is 0 Å². The topological polar surface area (TPSA) is 46.2 Å². The molecule has 1 aromatic carbocycles. The summed E-state index contributed by atoms with van der Waals surface area (Å²) in [4.78, 5) is 0. The van der Waals surface area contributed by atoms with Gasteiger partial charge in [0, 0.05) is 30.6 Å². The number of hydrogen-bond acceptors (Lipinski definition) is 5. The van der Waals surface area contributed by atoms with Crippen LogP contribution in [0.5, 0.6) is 5.75 Å². The third kappa shape index (κ3) is 3.30. The summed E-state index contributed by atoms with van der Waals surface area (Å²) in [7, 11) is -2.77. The Balaban J connectivity index is 2.36. The molecule has 0 bridgehead atoms. The Hall–Kier alpha value is -0.706. The van der Waals surface area contributed by atoms with Gasteiger partial charge in [0.25, 0.3) is 0 Å². The average molecular weight is 312 g/mol. The second-order valence-electron chi connectivity index (χ2n) is 4.15. The first-order valence-corrected chi connectivity index (χ1v) is 9.38. The molecular weight excluding hydrogens is 292 g/mol. The lowest BCUT2D eigenvalue weighted by molar-refractivity contribution is 0.0858.